The van der Waals surface area contributed by atoms with E-state index in [0.717, 1.165) is 4.40 Å². The second-order valence-corrected chi connectivity index (χ2v) is 5.19. The summed E-state index contributed by atoms with van der Waals surface area (Å²) in [6.07, 6.45) is -9.59. The van der Waals surface area contributed by atoms with Crippen LogP contribution in [0.4, 0.5) is 26.3 Å². The van der Waals surface area contributed by atoms with E-state index in [2.05, 4.69) is 0 Å². The first-order valence-electron chi connectivity index (χ1n) is 5.36. The van der Waals surface area contributed by atoms with Crippen molar-refractivity contribution in [2.75, 3.05) is 0 Å². The first-order chi connectivity index (χ1) is 9.19. The van der Waals surface area contributed by atoms with E-state index in [1.807, 2.05) is 0 Å². The number of nitrogens with zero attached hydrogens (tertiary/aromatic N) is 1. The molecule has 2 heterocycles. The summed E-state index contributed by atoms with van der Waals surface area (Å²) < 4.78 is 78.7. The van der Waals surface area contributed by atoms with Gasteiger partial charge in [-0.1, -0.05) is 12.1 Å². The highest BCUT2D eigenvalue weighted by atomic mass is 32.1. The summed E-state index contributed by atoms with van der Waals surface area (Å²) in [5, 5.41) is 0. The number of para-hydroxylation sites is 1. The zero-order chi connectivity index (χ0) is 14.7. The lowest BCUT2D eigenvalue weighted by molar-refractivity contribution is -0.160. The fourth-order valence-corrected chi connectivity index (χ4v) is 3.31. The van der Waals surface area contributed by atoms with Crippen molar-refractivity contribution < 1.29 is 26.3 Å². The topological polar surface area (TPSA) is 4.41 Å². The van der Waals surface area contributed by atoms with Crippen LogP contribution in [-0.4, -0.2) is 4.40 Å². The monoisotopic (exact) mass is 309 g/mol. The normalized spacial score (nSPS) is 13.5. The van der Waals surface area contributed by atoms with Crippen molar-refractivity contribution in [3.05, 3.63) is 41.6 Å². The molecule has 0 bridgehead atoms. The maximum absolute atomic E-state index is 13.0. The summed E-state index contributed by atoms with van der Waals surface area (Å²) in [7, 11) is 0. The van der Waals surface area contributed by atoms with E-state index < -0.39 is 28.3 Å². The van der Waals surface area contributed by atoms with E-state index >= 15 is 0 Å². The molecule has 8 heteroatoms. The first kappa shape index (κ1) is 13.3. The molecule has 20 heavy (non-hydrogen) atoms. The summed E-state index contributed by atoms with van der Waals surface area (Å²) in [5.74, 6) is 0. The van der Waals surface area contributed by atoms with Crippen LogP contribution in [0.1, 0.15) is 11.1 Å². The summed E-state index contributed by atoms with van der Waals surface area (Å²) in [4.78, 5) is -0.439. The zero-order valence-electron chi connectivity index (χ0n) is 9.51. The predicted molar refractivity (Wildman–Crippen MR) is 62.8 cm³/mol. The largest absolute Gasteiger partial charge is 0.419 e. The van der Waals surface area contributed by atoms with Crippen molar-refractivity contribution in [2.45, 2.75) is 12.4 Å². The molecular weight excluding hydrogens is 304 g/mol. The van der Waals surface area contributed by atoms with Crippen molar-refractivity contribution in [2.24, 2.45) is 0 Å². The van der Waals surface area contributed by atoms with E-state index in [9.17, 15) is 26.3 Å². The Hall–Kier alpha value is -1.70. The number of thiazole rings is 1. The zero-order valence-corrected chi connectivity index (χ0v) is 10.3. The number of hydrogen-bond acceptors (Lipinski definition) is 1. The van der Waals surface area contributed by atoms with Crippen LogP contribution in [-0.2, 0) is 12.4 Å². The lowest BCUT2D eigenvalue weighted by Crippen LogP contribution is -2.13. The third-order valence-electron chi connectivity index (χ3n) is 2.88. The first-order valence-corrected chi connectivity index (χ1v) is 6.18. The fraction of sp³-hybridized carbons (Fsp3) is 0.167. The average molecular weight is 309 g/mol. The molecule has 0 aliphatic rings. The molecule has 106 valence electrons. The molecule has 0 saturated carbocycles. The number of aromatic nitrogens is 1. The van der Waals surface area contributed by atoms with Gasteiger partial charge in [0.25, 0.3) is 0 Å². The molecule has 0 aliphatic carbocycles. The molecule has 0 saturated heterocycles. The number of benzene rings is 1. The molecule has 1 nitrogen and oxygen atoms in total. The summed E-state index contributed by atoms with van der Waals surface area (Å²) in [5.41, 5.74) is -2.94. The maximum atomic E-state index is 13.0. The Bertz CT molecular complexity index is 792. The van der Waals surface area contributed by atoms with Crippen LogP contribution in [0.15, 0.2) is 30.5 Å². The van der Waals surface area contributed by atoms with Gasteiger partial charge in [-0.3, -0.25) is 0 Å². The highest BCUT2D eigenvalue weighted by Crippen LogP contribution is 2.46. The minimum atomic E-state index is -5.06. The average Bonchev–Trinajstić information content (AvgIpc) is 2.81. The molecule has 1 aromatic carbocycles. The Kier molecular flexibility index (Phi) is 2.60. The van der Waals surface area contributed by atoms with Gasteiger partial charge in [0.15, 0.2) is 0 Å². The number of hydrogen-bond donors (Lipinski definition) is 0. The molecule has 0 amide bonds. The van der Waals surface area contributed by atoms with Crippen molar-refractivity contribution >= 4 is 26.4 Å². The molecule has 3 aromatic rings. The van der Waals surface area contributed by atoms with Crippen LogP contribution in [0.25, 0.3) is 15.0 Å². The number of alkyl halides is 6. The van der Waals surface area contributed by atoms with Gasteiger partial charge in [0.2, 0.25) is 0 Å². The summed E-state index contributed by atoms with van der Waals surface area (Å²) in [6.45, 7) is 0. The number of fused-ring (bicyclic) bond motifs is 3. The standard InChI is InChI=1S/C12H5F6NS/c13-11(14,15)6-5-19-7-3-1-2-4-8(7)20-10(19)9(6)12(16,17)18/h1-5H. The Morgan fingerprint density at radius 2 is 1.55 bits per heavy atom. The summed E-state index contributed by atoms with van der Waals surface area (Å²) >= 11 is 0.695. The van der Waals surface area contributed by atoms with E-state index in [-0.39, 0.29) is 0 Å². The molecule has 0 atom stereocenters. The van der Waals surface area contributed by atoms with E-state index in [0.29, 0.717) is 27.8 Å². The van der Waals surface area contributed by atoms with Crippen LogP contribution >= 0.6 is 11.3 Å². The Balaban J connectivity index is 2.47. The highest BCUT2D eigenvalue weighted by Gasteiger charge is 2.46. The second kappa shape index (κ2) is 3.91. The van der Waals surface area contributed by atoms with Crippen molar-refractivity contribution in [3.63, 3.8) is 0 Å². The Morgan fingerprint density at radius 1 is 0.900 bits per heavy atom. The Morgan fingerprint density at radius 3 is 2.15 bits per heavy atom. The lowest BCUT2D eigenvalue weighted by Gasteiger charge is -2.10. The number of halogens is 6. The van der Waals surface area contributed by atoms with Crippen LogP contribution < -0.4 is 0 Å². The second-order valence-electron chi connectivity index (χ2n) is 4.16. The maximum Gasteiger partial charge on any atom is 0.419 e. The van der Waals surface area contributed by atoms with Crippen molar-refractivity contribution in [1.29, 1.82) is 0 Å². The molecule has 0 unspecified atom stereocenters. The summed E-state index contributed by atoms with van der Waals surface area (Å²) in [6, 6.07) is 6.24. The third-order valence-corrected chi connectivity index (χ3v) is 4.04. The predicted octanol–water partition coefficient (Wildman–Crippen LogP) is 5.19. The quantitative estimate of drug-likeness (QED) is 0.503. The van der Waals surface area contributed by atoms with Crippen LogP contribution in [0.5, 0.6) is 0 Å². The molecule has 0 radical (unpaired) electrons. The van der Waals surface area contributed by atoms with Gasteiger partial charge in [0, 0.05) is 6.20 Å². The van der Waals surface area contributed by atoms with E-state index in [1.54, 1.807) is 18.2 Å². The van der Waals surface area contributed by atoms with Crippen LogP contribution in [0.3, 0.4) is 0 Å². The smallest absolute Gasteiger partial charge is 0.306 e. The van der Waals surface area contributed by atoms with Crippen LogP contribution in [0, 0.1) is 0 Å². The van der Waals surface area contributed by atoms with Gasteiger partial charge in [-0.25, -0.2) is 0 Å². The van der Waals surface area contributed by atoms with Gasteiger partial charge in [0.05, 0.1) is 15.8 Å². The lowest BCUT2D eigenvalue weighted by atomic mass is 10.2. The third kappa shape index (κ3) is 1.86. The minimum absolute atomic E-state index is 0.327. The van der Waals surface area contributed by atoms with Gasteiger partial charge >= 0.3 is 12.4 Å². The molecular formula is C12H5F6NS. The Labute approximate surface area is 112 Å². The molecule has 0 N–H and O–H groups in total. The number of rotatable bonds is 0. The highest BCUT2D eigenvalue weighted by molar-refractivity contribution is 7.24. The van der Waals surface area contributed by atoms with Gasteiger partial charge in [-0.05, 0) is 12.1 Å². The molecule has 0 aliphatic heterocycles. The van der Waals surface area contributed by atoms with Gasteiger partial charge in [0.1, 0.15) is 10.4 Å². The van der Waals surface area contributed by atoms with Crippen LogP contribution in [0.2, 0.25) is 0 Å². The van der Waals surface area contributed by atoms with Crippen molar-refractivity contribution in [3.8, 4) is 0 Å². The fourth-order valence-electron chi connectivity index (χ4n) is 2.10. The minimum Gasteiger partial charge on any atom is -0.306 e. The SMILES string of the molecule is FC(F)(F)c1cn2c(sc3ccccc32)c1C(F)(F)F. The molecule has 3 rings (SSSR count). The van der Waals surface area contributed by atoms with Crippen molar-refractivity contribution in [1.82, 2.24) is 4.40 Å². The van der Waals surface area contributed by atoms with Gasteiger partial charge < -0.3 is 4.40 Å². The molecule has 0 spiro atoms. The molecule has 0 fully saturated rings. The molecule has 2 aromatic heterocycles. The van der Waals surface area contributed by atoms with E-state index in [1.165, 1.54) is 6.07 Å². The van der Waals surface area contributed by atoms with E-state index in [4.69, 9.17) is 0 Å². The van der Waals surface area contributed by atoms with Gasteiger partial charge in [-0.2, -0.15) is 26.3 Å². The van der Waals surface area contributed by atoms with Gasteiger partial charge in [-0.15, -0.1) is 11.3 Å².